The molecule has 6 nitrogen and oxygen atoms in total. The molecule has 0 fully saturated rings. The molecule has 0 heterocycles. The number of benzene rings is 5. The van der Waals surface area contributed by atoms with Gasteiger partial charge >= 0.3 is 5.97 Å². The number of fused-ring (bicyclic) bond motifs is 2. The highest BCUT2D eigenvalue weighted by molar-refractivity contribution is 6.11. The average molecular weight is 499 g/mol. The van der Waals surface area contributed by atoms with Crippen molar-refractivity contribution in [3.8, 4) is 17.6 Å². The Bertz CT molecular complexity index is 1740. The molecule has 0 aromatic heterocycles. The van der Waals surface area contributed by atoms with Crippen molar-refractivity contribution in [3.05, 3.63) is 120 Å². The maximum atomic E-state index is 13.3. The normalized spacial score (nSPS) is 11.1. The topological polar surface area (TPSA) is 88.4 Å². The summed E-state index contributed by atoms with van der Waals surface area (Å²) in [5.41, 5.74) is 1.25. The van der Waals surface area contributed by atoms with Crippen molar-refractivity contribution in [2.75, 3.05) is 12.4 Å². The van der Waals surface area contributed by atoms with Gasteiger partial charge in [-0.15, -0.1) is 0 Å². The third-order valence-electron chi connectivity index (χ3n) is 6.14. The number of hydrogen-bond acceptors (Lipinski definition) is 5. The van der Waals surface area contributed by atoms with E-state index in [1.54, 1.807) is 49.6 Å². The van der Waals surface area contributed by atoms with Gasteiger partial charge in [0, 0.05) is 11.3 Å². The quantitative estimate of drug-likeness (QED) is 0.121. The van der Waals surface area contributed by atoms with Gasteiger partial charge in [-0.25, -0.2) is 4.79 Å². The number of carbonyl (C=O) groups is 2. The minimum Gasteiger partial charge on any atom is -0.497 e. The molecule has 0 aliphatic heterocycles. The third-order valence-corrected chi connectivity index (χ3v) is 6.14. The summed E-state index contributed by atoms with van der Waals surface area (Å²) in [4.78, 5) is 26.3. The monoisotopic (exact) mass is 498 g/mol. The molecule has 1 amide bonds. The number of nitriles is 1. The number of anilines is 1. The zero-order chi connectivity index (χ0) is 26.5. The second kappa shape index (κ2) is 10.7. The first-order chi connectivity index (χ1) is 18.6. The Morgan fingerprint density at radius 3 is 2.16 bits per heavy atom. The van der Waals surface area contributed by atoms with Crippen LogP contribution in [0.15, 0.2) is 109 Å². The first-order valence-corrected chi connectivity index (χ1v) is 11.9. The Kier molecular flexibility index (Phi) is 6.83. The molecule has 0 radical (unpaired) electrons. The molecule has 0 unspecified atom stereocenters. The van der Waals surface area contributed by atoms with Crippen molar-refractivity contribution in [2.45, 2.75) is 0 Å². The molecular weight excluding hydrogens is 476 g/mol. The summed E-state index contributed by atoms with van der Waals surface area (Å²) in [5.74, 6) is -0.232. The van der Waals surface area contributed by atoms with E-state index in [4.69, 9.17) is 9.47 Å². The zero-order valence-corrected chi connectivity index (χ0v) is 20.5. The zero-order valence-electron chi connectivity index (χ0n) is 20.5. The van der Waals surface area contributed by atoms with E-state index in [0.717, 1.165) is 21.5 Å². The van der Waals surface area contributed by atoms with E-state index in [2.05, 4.69) is 5.32 Å². The van der Waals surface area contributed by atoms with Crippen molar-refractivity contribution in [1.82, 2.24) is 0 Å². The highest BCUT2D eigenvalue weighted by Gasteiger charge is 2.18. The number of methoxy groups -OCH3 is 1. The van der Waals surface area contributed by atoms with E-state index in [9.17, 15) is 14.9 Å². The lowest BCUT2D eigenvalue weighted by Gasteiger charge is -2.13. The lowest BCUT2D eigenvalue weighted by molar-refractivity contribution is -0.112. The van der Waals surface area contributed by atoms with E-state index in [-0.39, 0.29) is 11.3 Å². The second-order valence-electron chi connectivity index (χ2n) is 8.47. The first-order valence-electron chi connectivity index (χ1n) is 11.9. The summed E-state index contributed by atoms with van der Waals surface area (Å²) in [6.45, 7) is 0. The highest BCUT2D eigenvalue weighted by atomic mass is 16.5. The van der Waals surface area contributed by atoms with Crippen LogP contribution in [0.1, 0.15) is 15.9 Å². The molecule has 0 saturated heterocycles. The van der Waals surface area contributed by atoms with Gasteiger partial charge in [-0.3, -0.25) is 4.79 Å². The molecule has 5 rings (SSSR count). The van der Waals surface area contributed by atoms with Crippen LogP contribution in [0.2, 0.25) is 0 Å². The summed E-state index contributed by atoms with van der Waals surface area (Å²) in [5, 5.41) is 15.9. The molecule has 6 heteroatoms. The molecule has 184 valence electrons. The Hall–Kier alpha value is -5.41. The molecule has 0 bridgehead atoms. The van der Waals surface area contributed by atoms with Gasteiger partial charge in [0.15, 0.2) is 0 Å². The molecule has 5 aromatic carbocycles. The number of esters is 1. The summed E-state index contributed by atoms with van der Waals surface area (Å²) in [7, 11) is 1.55. The van der Waals surface area contributed by atoms with Gasteiger partial charge < -0.3 is 14.8 Å². The van der Waals surface area contributed by atoms with Crippen LogP contribution in [0.3, 0.4) is 0 Å². The number of carbonyl (C=O) groups excluding carboxylic acids is 2. The fourth-order valence-corrected chi connectivity index (χ4v) is 4.24. The smallest absolute Gasteiger partial charge is 0.344 e. The van der Waals surface area contributed by atoms with Crippen molar-refractivity contribution in [3.63, 3.8) is 0 Å². The van der Waals surface area contributed by atoms with Crippen LogP contribution in [0.25, 0.3) is 27.6 Å². The summed E-state index contributed by atoms with van der Waals surface area (Å²) in [6.07, 6.45) is 1.45. The van der Waals surface area contributed by atoms with Gasteiger partial charge in [-0.05, 0) is 64.0 Å². The second-order valence-corrected chi connectivity index (χ2v) is 8.47. The molecular formula is C32H22N2O4. The average Bonchev–Trinajstić information content (AvgIpc) is 2.96. The van der Waals surface area contributed by atoms with Crippen LogP contribution in [-0.2, 0) is 4.79 Å². The van der Waals surface area contributed by atoms with E-state index >= 15 is 0 Å². The number of amides is 1. The number of rotatable bonds is 6. The van der Waals surface area contributed by atoms with E-state index in [1.165, 1.54) is 6.08 Å². The van der Waals surface area contributed by atoms with Crippen molar-refractivity contribution in [1.29, 1.82) is 5.26 Å². The molecule has 0 saturated carbocycles. The van der Waals surface area contributed by atoms with Gasteiger partial charge in [0.1, 0.15) is 23.1 Å². The summed E-state index contributed by atoms with van der Waals surface area (Å²) in [6, 6.07) is 32.8. The van der Waals surface area contributed by atoms with Gasteiger partial charge in [0.25, 0.3) is 5.91 Å². The molecule has 5 aromatic rings. The van der Waals surface area contributed by atoms with Crippen molar-refractivity contribution < 1.29 is 19.1 Å². The maximum Gasteiger partial charge on any atom is 0.344 e. The Balaban J connectivity index is 1.53. The Labute approximate surface area is 219 Å². The van der Waals surface area contributed by atoms with Gasteiger partial charge in [-0.1, -0.05) is 66.7 Å². The lowest BCUT2D eigenvalue weighted by atomic mass is 10.0. The number of nitrogens with one attached hydrogen (secondary N) is 1. The maximum absolute atomic E-state index is 13.3. The van der Waals surface area contributed by atoms with Crippen LogP contribution >= 0.6 is 0 Å². The van der Waals surface area contributed by atoms with Crippen LogP contribution in [0.4, 0.5) is 5.69 Å². The molecule has 0 aliphatic rings. The van der Waals surface area contributed by atoms with E-state index < -0.39 is 11.9 Å². The Morgan fingerprint density at radius 2 is 1.45 bits per heavy atom. The van der Waals surface area contributed by atoms with Crippen LogP contribution in [0.5, 0.6) is 11.5 Å². The molecule has 0 aliphatic carbocycles. The van der Waals surface area contributed by atoms with E-state index in [0.29, 0.717) is 22.6 Å². The van der Waals surface area contributed by atoms with Crippen molar-refractivity contribution >= 4 is 45.2 Å². The number of ether oxygens (including phenoxy) is 2. The standard InChI is InChI=1S/C32H22N2O4/c1-37-25-16-14-24(15-17-25)34-31(35)23(20-33)19-29-27-11-5-3-8-22(27)13-18-30(29)38-32(36)28-12-6-9-21-7-2-4-10-26(21)28/h2-19H,1H3,(H,34,35)/b23-19+. The van der Waals surface area contributed by atoms with Gasteiger partial charge in [-0.2, -0.15) is 5.26 Å². The van der Waals surface area contributed by atoms with Gasteiger partial charge in [0.05, 0.1) is 12.7 Å². The Morgan fingerprint density at radius 1 is 0.789 bits per heavy atom. The van der Waals surface area contributed by atoms with E-state index in [1.807, 2.05) is 66.7 Å². The van der Waals surface area contributed by atoms with Crippen LogP contribution in [0, 0.1) is 11.3 Å². The number of nitrogens with zero attached hydrogens (tertiary/aromatic N) is 1. The minimum atomic E-state index is -0.586. The first kappa shape index (κ1) is 24.3. The van der Waals surface area contributed by atoms with Gasteiger partial charge in [0.2, 0.25) is 0 Å². The molecule has 1 N–H and O–H groups in total. The predicted octanol–water partition coefficient (Wildman–Crippen LogP) is 6.77. The summed E-state index contributed by atoms with van der Waals surface area (Å²) >= 11 is 0. The SMILES string of the molecule is COc1ccc(NC(=O)/C(C#N)=C/c2c(OC(=O)c3cccc4ccccc34)ccc3ccccc23)cc1. The third kappa shape index (κ3) is 4.95. The molecule has 0 atom stereocenters. The predicted molar refractivity (Wildman–Crippen MR) is 148 cm³/mol. The highest BCUT2D eigenvalue weighted by Crippen LogP contribution is 2.32. The number of hydrogen-bond donors (Lipinski definition) is 1. The summed E-state index contributed by atoms with van der Waals surface area (Å²) < 4.78 is 11.0. The largest absolute Gasteiger partial charge is 0.497 e. The van der Waals surface area contributed by atoms with Crippen LogP contribution in [-0.4, -0.2) is 19.0 Å². The fraction of sp³-hybridized carbons (Fsp3) is 0.0312. The lowest BCUT2D eigenvalue weighted by Crippen LogP contribution is -2.14. The molecule has 0 spiro atoms. The van der Waals surface area contributed by atoms with Crippen molar-refractivity contribution in [2.24, 2.45) is 0 Å². The minimum absolute atomic E-state index is 0.139. The van der Waals surface area contributed by atoms with Crippen LogP contribution < -0.4 is 14.8 Å². The molecule has 38 heavy (non-hydrogen) atoms. The fourth-order valence-electron chi connectivity index (χ4n) is 4.24.